The lowest BCUT2D eigenvalue weighted by Crippen LogP contribution is -2.25. The first-order valence-electron chi connectivity index (χ1n) is 6.11. The van der Waals surface area contributed by atoms with E-state index in [1.54, 1.807) is 0 Å². The number of allylic oxidation sites excluding steroid dienone is 4. The van der Waals surface area contributed by atoms with Crippen LogP contribution in [0, 0.1) is 5.92 Å². The van der Waals surface area contributed by atoms with Gasteiger partial charge in [-0.2, -0.15) is 0 Å². The van der Waals surface area contributed by atoms with Crippen LogP contribution >= 0.6 is 0 Å². The molecule has 1 N–H and O–H groups in total. The summed E-state index contributed by atoms with van der Waals surface area (Å²) in [6.07, 6.45) is 8.89. The third kappa shape index (κ3) is 1.44. The minimum absolute atomic E-state index is 0.139. The maximum Gasteiger partial charge on any atom is 0.326 e. The number of fused-ring (bicyclic) bond motifs is 3. The molecular formula is C15H16BO. The van der Waals surface area contributed by atoms with Crippen molar-refractivity contribution in [2.75, 3.05) is 0 Å². The Morgan fingerprint density at radius 2 is 1.94 bits per heavy atom. The van der Waals surface area contributed by atoms with Crippen LogP contribution in [0.25, 0.3) is 0 Å². The summed E-state index contributed by atoms with van der Waals surface area (Å²) in [5, 5.41) is 9.14. The molecule has 2 unspecified atom stereocenters. The van der Waals surface area contributed by atoms with E-state index >= 15 is 0 Å². The number of rotatable bonds is 1. The highest BCUT2D eigenvalue weighted by Gasteiger charge is 2.44. The van der Waals surface area contributed by atoms with Crippen molar-refractivity contribution in [1.29, 1.82) is 0 Å². The van der Waals surface area contributed by atoms with Gasteiger partial charge in [0, 0.05) is 5.92 Å². The van der Waals surface area contributed by atoms with Crippen LogP contribution in [-0.2, 0) is 5.41 Å². The number of hydrogen-bond donors (Lipinski definition) is 1. The minimum Gasteiger partial charge on any atom is -0.450 e. The summed E-state index contributed by atoms with van der Waals surface area (Å²) in [6, 6.07) is 6.27. The molecule has 0 heterocycles. The highest BCUT2D eigenvalue weighted by Crippen LogP contribution is 2.52. The molecule has 2 heteroatoms. The van der Waals surface area contributed by atoms with Crippen molar-refractivity contribution in [2.24, 2.45) is 5.92 Å². The molecule has 0 amide bonds. The minimum atomic E-state index is 0.139. The van der Waals surface area contributed by atoms with Crippen LogP contribution in [0.15, 0.2) is 42.5 Å². The standard InChI is InChI=1S/C15H16BO/c1-15(2)13-6-4-3-5-11(13)12-8-7-10(16-17)9-14(12)15/h3-9,11,13,17H,1-2H3. The topological polar surface area (TPSA) is 20.2 Å². The van der Waals surface area contributed by atoms with Gasteiger partial charge in [-0.15, -0.1) is 0 Å². The van der Waals surface area contributed by atoms with E-state index in [2.05, 4.69) is 50.3 Å². The third-order valence-electron chi connectivity index (χ3n) is 4.25. The fourth-order valence-electron chi connectivity index (χ4n) is 3.28. The molecule has 0 spiro atoms. The van der Waals surface area contributed by atoms with Crippen molar-refractivity contribution in [3.63, 3.8) is 0 Å². The largest absolute Gasteiger partial charge is 0.450 e. The van der Waals surface area contributed by atoms with Crippen molar-refractivity contribution < 1.29 is 5.02 Å². The maximum absolute atomic E-state index is 9.14. The number of hydrogen-bond acceptors (Lipinski definition) is 1. The molecule has 1 aromatic rings. The van der Waals surface area contributed by atoms with E-state index in [-0.39, 0.29) is 5.41 Å². The molecule has 1 radical (unpaired) electrons. The van der Waals surface area contributed by atoms with Gasteiger partial charge in [0.1, 0.15) is 0 Å². The molecule has 0 aromatic heterocycles. The molecule has 1 nitrogen and oxygen atoms in total. The van der Waals surface area contributed by atoms with Gasteiger partial charge in [0.2, 0.25) is 0 Å². The zero-order chi connectivity index (χ0) is 12.0. The Labute approximate surface area is 103 Å². The monoisotopic (exact) mass is 223 g/mol. The first kappa shape index (κ1) is 10.9. The molecule has 85 valence electrons. The summed E-state index contributed by atoms with van der Waals surface area (Å²) in [4.78, 5) is 0. The van der Waals surface area contributed by atoms with E-state index in [4.69, 9.17) is 5.02 Å². The normalized spacial score (nSPS) is 27.7. The molecule has 0 bridgehead atoms. The summed E-state index contributed by atoms with van der Waals surface area (Å²) in [7, 11) is 1.18. The molecule has 1 aromatic carbocycles. The van der Waals surface area contributed by atoms with Gasteiger partial charge in [0.25, 0.3) is 0 Å². The Hall–Kier alpha value is -1.28. The van der Waals surface area contributed by atoms with E-state index in [1.807, 2.05) is 6.07 Å². The molecule has 2 aliphatic carbocycles. The van der Waals surface area contributed by atoms with Gasteiger partial charge in [-0.25, -0.2) is 0 Å². The Morgan fingerprint density at radius 3 is 2.71 bits per heavy atom. The zero-order valence-corrected chi connectivity index (χ0v) is 10.2. The Bertz CT molecular complexity index is 514. The Morgan fingerprint density at radius 1 is 1.18 bits per heavy atom. The van der Waals surface area contributed by atoms with Crippen molar-refractivity contribution >= 4 is 12.9 Å². The van der Waals surface area contributed by atoms with Gasteiger partial charge in [0.15, 0.2) is 0 Å². The molecule has 0 saturated heterocycles. The van der Waals surface area contributed by atoms with Gasteiger partial charge < -0.3 is 5.02 Å². The van der Waals surface area contributed by atoms with Gasteiger partial charge in [-0.3, -0.25) is 0 Å². The first-order chi connectivity index (χ1) is 8.14. The van der Waals surface area contributed by atoms with Crippen molar-refractivity contribution in [1.82, 2.24) is 0 Å². The second-order valence-electron chi connectivity index (χ2n) is 5.52. The first-order valence-corrected chi connectivity index (χ1v) is 6.11. The van der Waals surface area contributed by atoms with Gasteiger partial charge in [0.05, 0.1) is 0 Å². The molecule has 2 atom stereocenters. The molecular weight excluding hydrogens is 207 g/mol. The summed E-state index contributed by atoms with van der Waals surface area (Å²) in [5.74, 6) is 1.04. The second-order valence-corrected chi connectivity index (χ2v) is 5.52. The predicted octanol–water partition coefficient (Wildman–Crippen LogP) is 2.04. The maximum atomic E-state index is 9.14. The van der Waals surface area contributed by atoms with E-state index in [9.17, 15) is 0 Å². The summed E-state index contributed by atoms with van der Waals surface area (Å²) in [6.45, 7) is 4.59. The van der Waals surface area contributed by atoms with Crippen molar-refractivity contribution in [3.8, 4) is 0 Å². The lowest BCUT2D eigenvalue weighted by molar-refractivity contribution is 0.394. The molecule has 3 rings (SSSR count). The lowest BCUT2D eigenvalue weighted by atomic mass is 9.74. The van der Waals surface area contributed by atoms with Gasteiger partial charge in [-0.1, -0.05) is 61.8 Å². The Kier molecular flexibility index (Phi) is 2.30. The SMILES string of the molecule is CC1(C)c2cc([B]O)ccc2C2C=CC=CC21. The highest BCUT2D eigenvalue weighted by atomic mass is 16.2. The fourth-order valence-corrected chi connectivity index (χ4v) is 3.28. The van der Waals surface area contributed by atoms with Crippen LogP contribution in [-0.4, -0.2) is 12.5 Å². The van der Waals surface area contributed by atoms with Crippen LogP contribution in [0.4, 0.5) is 0 Å². The second kappa shape index (κ2) is 3.61. The van der Waals surface area contributed by atoms with Crippen molar-refractivity contribution in [2.45, 2.75) is 25.2 Å². The average molecular weight is 223 g/mol. The Balaban J connectivity index is 2.18. The van der Waals surface area contributed by atoms with Crippen LogP contribution in [0.5, 0.6) is 0 Å². The average Bonchev–Trinajstić information content (AvgIpc) is 2.59. The van der Waals surface area contributed by atoms with Crippen LogP contribution < -0.4 is 5.46 Å². The molecule has 2 aliphatic rings. The molecule has 0 fully saturated rings. The van der Waals surface area contributed by atoms with Crippen LogP contribution in [0.1, 0.15) is 30.9 Å². The molecule has 0 saturated carbocycles. The summed E-state index contributed by atoms with van der Waals surface area (Å²) in [5.41, 5.74) is 3.81. The quantitative estimate of drug-likeness (QED) is 0.722. The molecule has 0 aliphatic heterocycles. The highest BCUT2D eigenvalue weighted by molar-refractivity contribution is 6.45. The van der Waals surface area contributed by atoms with Crippen LogP contribution in [0.3, 0.4) is 0 Å². The van der Waals surface area contributed by atoms with E-state index < -0.39 is 0 Å². The molecule has 17 heavy (non-hydrogen) atoms. The fraction of sp³-hybridized carbons (Fsp3) is 0.333. The van der Waals surface area contributed by atoms with Crippen LogP contribution in [0.2, 0.25) is 0 Å². The van der Waals surface area contributed by atoms with Gasteiger partial charge in [-0.05, 0) is 22.5 Å². The third-order valence-corrected chi connectivity index (χ3v) is 4.25. The van der Waals surface area contributed by atoms with E-state index in [0.29, 0.717) is 11.8 Å². The van der Waals surface area contributed by atoms with Crippen molar-refractivity contribution in [3.05, 3.63) is 53.6 Å². The zero-order valence-electron chi connectivity index (χ0n) is 10.2. The number of benzene rings is 1. The smallest absolute Gasteiger partial charge is 0.326 e. The summed E-state index contributed by atoms with van der Waals surface area (Å²) >= 11 is 0. The van der Waals surface area contributed by atoms with Gasteiger partial charge >= 0.3 is 7.48 Å². The predicted molar refractivity (Wildman–Crippen MR) is 71.6 cm³/mol. The van der Waals surface area contributed by atoms with E-state index in [0.717, 1.165) is 5.46 Å². The summed E-state index contributed by atoms with van der Waals surface area (Å²) < 4.78 is 0. The van der Waals surface area contributed by atoms with E-state index in [1.165, 1.54) is 18.6 Å². The lowest BCUT2D eigenvalue weighted by Gasteiger charge is -2.29.